The maximum Gasteiger partial charge on any atom is 0.148 e. The van der Waals surface area contributed by atoms with Crippen molar-refractivity contribution in [2.45, 2.75) is 26.1 Å². The minimum Gasteiger partial charge on any atom is -0.507 e. The number of imidazole rings is 1. The molecule has 7 aromatic carbocycles. The third kappa shape index (κ3) is 6.04. The van der Waals surface area contributed by atoms with Crippen LogP contribution in [0.3, 0.4) is 0 Å². The van der Waals surface area contributed by atoms with Gasteiger partial charge in [-0.15, -0.1) is 17.7 Å². The number of aromatic hydroxyl groups is 1. The normalized spacial score (nSPS) is 13.5. The minimum atomic E-state index is -2.17. The first-order valence-corrected chi connectivity index (χ1v) is 18.8. The van der Waals surface area contributed by atoms with E-state index in [0.29, 0.717) is 17.0 Å². The van der Waals surface area contributed by atoms with Crippen molar-refractivity contribution >= 4 is 11.0 Å². The van der Waals surface area contributed by atoms with Crippen LogP contribution in [0.2, 0.25) is 0 Å². The minimum absolute atomic E-state index is 0. The monoisotopic (exact) mass is 918 g/mol. The van der Waals surface area contributed by atoms with E-state index in [1.54, 1.807) is 24.4 Å². The van der Waals surface area contributed by atoms with E-state index in [4.69, 9.17) is 14.1 Å². The molecule has 0 radical (unpaired) electrons. The van der Waals surface area contributed by atoms with Gasteiger partial charge in [-0.3, -0.25) is 9.55 Å². The zero-order valence-corrected chi connectivity index (χ0v) is 33.5. The number of phenolic OH excluding ortho intramolecular Hbond substituents is 1. The molecule has 10 rings (SSSR count). The molecule has 0 atom stereocenters. The molecule has 0 fully saturated rings. The molecule has 0 unspecified atom stereocenters. The standard InChI is InChI=1S/C52H38N3O.Pt/c1-33-24-26-34(27-25-33)36-28-29-53-45(32-36)37-30-42(49-40-17-7-10-20-43(40)52(2,3)44(49)31-37)39-19-13-22-47-50(39)54-51(41-18-9-12-23-48(41)56)55(47)46-21-11-8-16-38(46)35-14-5-4-6-15-35;/h4-29,31-32,56H,1-3H3;/q-1;/i1D3;. The zero-order chi connectivity index (χ0) is 40.5. The van der Waals surface area contributed by atoms with Crippen LogP contribution < -0.4 is 0 Å². The molecule has 4 nitrogen and oxygen atoms in total. The first kappa shape index (κ1) is 32.8. The summed E-state index contributed by atoms with van der Waals surface area (Å²) in [6.07, 6.45) is 1.80. The van der Waals surface area contributed by atoms with E-state index in [-0.39, 0.29) is 32.2 Å². The number of pyridine rings is 1. The first-order valence-electron chi connectivity index (χ1n) is 20.3. The maximum absolute atomic E-state index is 11.4. The second kappa shape index (κ2) is 14.3. The Morgan fingerprint density at radius 1 is 0.632 bits per heavy atom. The molecule has 1 aliphatic rings. The summed E-state index contributed by atoms with van der Waals surface area (Å²) in [6, 6.07) is 58.1. The zero-order valence-electron chi connectivity index (χ0n) is 34.3. The van der Waals surface area contributed by atoms with Gasteiger partial charge in [-0.05, 0) is 65.0 Å². The van der Waals surface area contributed by atoms with Gasteiger partial charge in [0.05, 0.1) is 22.3 Å². The molecule has 57 heavy (non-hydrogen) atoms. The van der Waals surface area contributed by atoms with E-state index in [0.717, 1.165) is 72.5 Å². The molecule has 0 saturated heterocycles. The van der Waals surface area contributed by atoms with Gasteiger partial charge < -0.3 is 5.11 Å². The van der Waals surface area contributed by atoms with E-state index in [2.05, 4.69) is 97.3 Å². The van der Waals surface area contributed by atoms with Crippen molar-refractivity contribution in [3.8, 4) is 78.6 Å². The van der Waals surface area contributed by atoms with E-state index in [1.807, 2.05) is 72.8 Å². The van der Waals surface area contributed by atoms with E-state index >= 15 is 0 Å². The fourth-order valence-corrected chi connectivity index (χ4v) is 8.43. The summed E-state index contributed by atoms with van der Waals surface area (Å²) < 4.78 is 25.7. The molecule has 0 saturated carbocycles. The van der Waals surface area contributed by atoms with Gasteiger partial charge in [0.1, 0.15) is 11.6 Å². The summed E-state index contributed by atoms with van der Waals surface area (Å²) in [5.41, 5.74) is 15.3. The van der Waals surface area contributed by atoms with Gasteiger partial charge in [0.25, 0.3) is 0 Å². The van der Waals surface area contributed by atoms with Crippen molar-refractivity contribution in [1.29, 1.82) is 0 Å². The summed E-state index contributed by atoms with van der Waals surface area (Å²) in [4.78, 5) is 10.3. The van der Waals surface area contributed by atoms with E-state index < -0.39 is 6.85 Å². The Morgan fingerprint density at radius 2 is 1.33 bits per heavy atom. The number of phenols is 1. The Bertz CT molecular complexity index is 3080. The van der Waals surface area contributed by atoms with Crippen LogP contribution in [0.25, 0.3) is 83.9 Å². The molecule has 0 spiro atoms. The number of benzene rings is 7. The van der Waals surface area contributed by atoms with Crippen molar-refractivity contribution in [2.24, 2.45) is 0 Å². The van der Waals surface area contributed by atoms with Gasteiger partial charge >= 0.3 is 0 Å². The Labute approximate surface area is 351 Å². The molecular formula is C52H38N3OPt-. The van der Waals surface area contributed by atoms with Crippen LogP contribution in [0, 0.1) is 12.9 Å². The summed E-state index contributed by atoms with van der Waals surface area (Å²) >= 11 is 0. The van der Waals surface area contributed by atoms with Crippen molar-refractivity contribution in [2.75, 3.05) is 0 Å². The van der Waals surface area contributed by atoms with Gasteiger partial charge in [0.15, 0.2) is 0 Å². The summed E-state index contributed by atoms with van der Waals surface area (Å²) in [6.45, 7) is 2.37. The molecule has 5 heteroatoms. The first-order chi connectivity index (χ1) is 28.6. The van der Waals surface area contributed by atoms with Crippen molar-refractivity contribution in [3.63, 3.8) is 0 Å². The molecule has 278 valence electrons. The summed E-state index contributed by atoms with van der Waals surface area (Å²) in [7, 11) is 0. The van der Waals surface area contributed by atoms with Gasteiger partial charge in [-0.2, -0.15) is 0 Å². The second-order valence-corrected chi connectivity index (χ2v) is 14.9. The van der Waals surface area contributed by atoms with Crippen LogP contribution in [-0.4, -0.2) is 19.6 Å². The average molecular weight is 919 g/mol. The molecule has 2 aromatic heterocycles. The van der Waals surface area contributed by atoms with Crippen LogP contribution in [-0.2, 0) is 26.5 Å². The average Bonchev–Trinajstić information content (AvgIpc) is 3.76. The summed E-state index contributed by atoms with van der Waals surface area (Å²) in [5, 5.41) is 11.4. The largest absolute Gasteiger partial charge is 0.507 e. The maximum atomic E-state index is 11.4. The number of hydrogen-bond donors (Lipinski definition) is 1. The van der Waals surface area contributed by atoms with Crippen LogP contribution >= 0.6 is 0 Å². The number of aromatic nitrogens is 3. The number of nitrogens with zero attached hydrogens (tertiary/aromatic N) is 3. The number of fused-ring (bicyclic) bond motifs is 4. The Balaban J connectivity index is 0.00000462. The quantitative estimate of drug-likeness (QED) is 0.169. The molecule has 0 bridgehead atoms. The summed E-state index contributed by atoms with van der Waals surface area (Å²) in [5.74, 6) is 0.772. The molecular weight excluding hydrogens is 878 g/mol. The molecule has 0 amide bonds. The third-order valence-electron chi connectivity index (χ3n) is 11.2. The predicted octanol–water partition coefficient (Wildman–Crippen LogP) is 12.9. The van der Waals surface area contributed by atoms with E-state index in [9.17, 15) is 5.11 Å². The van der Waals surface area contributed by atoms with Crippen molar-refractivity contribution in [3.05, 3.63) is 193 Å². The number of para-hydroxylation sites is 3. The molecule has 9 aromatic rings. The van der Waals surface area contributed by atoms with Gasteiger partial charge in [-0.1, -0.05) is 169 Å². The number of aryl methyl sites for hydroxylation is 1. The Hall–Kier alpha value is -6.35. The van der Waals surface area contributed by atoms with Gasteiger partial charge in [0, 0.05) is 48.0 Å². The smallest absolute Gasteiger partial charge is 0.148 e. The van der Waals surface area contributed by atoms with E-state index in [1.165, 1.54) is 11.1 Å². The van der Waals surface area contributed by atoms with Crippen LogP contribution in [0.1, 0.15) is 34.7 Å². The Kier molecular flexibility index (Phi) is 8.24. The molecule has 0 aliphatic heterocycles. The second-order valence-electron chi connectivity index (χ2n) is 14.9. The number of hydrogen-bond acceptors (Lipinski definition) is 3. The Morgan fingerprint density at radius 3 is 2.12 bits per heavy atom. The van der Waals surface area contributed by atoms with Crippen molar-refractivity contribution < 1.29 is 30.3 Å². The fraction of sp³-hybridized carbons (Fsp3) is 0.0769. The van der Waals surface area contributed by atoms with Gasteiger partial charge in [0.2, 0.25) is 0 Å². The molecule has 2 heterocycles. The SMILES string of the molecule is [2H]C([2H])([2H])c1ccc(-c2ccnc(-c3[c-]c(-c4cccc5c4nc(-c4ccccc4O)n5-c4ccccc4-c4ccccc4)c4c(c3)C(C)(C)c3ccccc3-4)c2)cc1.[Pt]. The van der Waals surface area contributed by atoms with Crippen LogP contribution in [0.5, 0.6) is 5.75 Å². The van der Waals surface area contributed by atoms with Gasteiger partial charge in [-0.25, -0.2) is 4.98 Å². The van der Waals surface area contributed by atoms with Crippen LogP contribution in [0.4, 0.5) is 0 Å². The molecule has 1 N–H and O–H groups in total. The van der Waals surface area contributed by atoms with Crippen LogP contribution in [0.15, 0.2) is 170 Å². The topological polar surface area (TPSA) is 50.9 Å². The van der Waals surface area contributed by atoms with Crippen molar-refractivity contribution in [1.82, 2.24) is 14.5 Å². The predicted molar refractivity (Wildman–Crippen MR) is 229 cm³/mol. The molecule has 1 aliphatic carbocycles. The third-order valence-corrected chi connectivity index (χ3v) is 11.2. The number of rotatable bonds is 6. The fourth-order valence-electron chi connectivity index (χ4n) is 8.43.